The fraction of sp³-hybridized carbons (Fsp3) is 0.222. The fourth-order valence-corrected chi connectivity index (χ4v) is 4.45. The molecule has 0 aliphatic rings. The molecule has 0 saturated heterocycles. The molecule has 4 aromatic carbocycles. The van der Waals surface area contributed by atoms with Gasteiger partial charge in [0.15, 0.2) is 0 Å². The van der Waals surface area contributed by atoms with Gasteiger partial charge in [-0.1, -0.05) is 133 Å². The van der Waals surface area contributed by atoms with Gasteiger partial charge >= 0.3 is 0 Å². The van der Waals surface area contributed by atoms with Crippen molar-refractivity contribution in [2.24, 2.45) is 0 Å². The molecule has 4 nitrogen and oxygen atoms in total. The molecule has 206 valence electrons. The Balaban J connectivity index is 1.62. The number of hydrogen-bond acceptors (Lipinski definition) is 4. The maximum atomic E-state index is 6.69. The van der Waals surface area contributed by atoms with E-state index in [1.165, 1.54) is 0 Å². The molecule has 0 aliphatic carbocycles. The van der Waals surface area contributed by atoms with Gasteiger partial charge in [-0.15, -0.1) is 13.2 Å². The van der Waals surface area contributed by atoms with Crippen molar-refractivity contribution >= 4 is 0 Å². The molecule has 4 aromatic rings. The van der Waals surface area contributed by atoms with E-state index < -0.39 is 17.8 Å². The van der Waals surface area contributed by atoms with Gasteiger partial charge in [-0.2, -0.15) is 0 Å². The van der Waals surface area contributed by atoms with Gasteiger partial charge in [-0.25, -0.2) is 0 Å². The summed E-state index contributed by atoms with van der Waals surface area (Å²) in [5.41, 5.74) is 3.19. The Hall–Kier alpha value is -3.80. The topological polar surface area (TPSA) is 36.9 Å². The van der Waals surface area contributed by atoms with Crippen molar-refractivity contribution in [1.82, 2.24) is 0 Å². The lowest BCUT2D eigenvalue weighted by Crippen LogP contribution is -2.54. The Kier molecular flexibility index (Phi) is 11.5. The predicted octanol–water partition coefficient (Wildman–Crippen LogP) is 7.70. The lowest BCUT2D eigenvalue weighted by atomic mass is 9.92. The molecule has 4 heteroatoms. The summed E-state index contributed by atoms with van der Waals surface area (Å²) in [6.07, 6.45) is 2.47. The average molecular weight is 535 g/mol. The van der Waals surface area contributed by atoms with Crippen LogP contribution in [0.1, 0.15) is 22.3 Å². The van der Waals surface area contributed by atoms with Crippen molar-refractivity contribution in [2.45, 2.75) is 44.2 Å². The van der Waals surface area contributed by atoms with E-state index in [9.17, 15) is 0 Å². The molecule has 3 atom stereocenters. The molecule has 0 radical (unpaired) electrons. The zero-order valence-electron chi connectivity index (χ0n) is 22.9. The van der Waals surface area contributed by atoms with Crippen molar-refractivity contribution in [3.8, 4) is 0 Å². The van der Waals surface area contributed by atoms with Gasteiger partial charge in [-0.3, -0.25) is 0 Å². The third-order valence-electron chi connectivity index (χ3n) is 6.71. The second-order valence-electron chi connectivity index (χ2n) is 9.63. The second-order valence-corrected chi connectivity index (χ2v) is 9.63. The van der Waals surface area contributed by atoms with Gasteiger partial charge in [0.25, 0.3) is 0 Å². The van der Waals surface area contributed by atoms with E-state index in [1.54, 1.807) is 12.2 Å². The van der Waals surface area contributed by atoms with Gasteiger partial charge in [0.2, 0.25) is 0 Å². The van der Waals surface area contributed by atoms with Crippen molar-refractivity contribution in [3.63, 3.8) is 0 Å². The second kappa shape index (κ2) is 15.7. The van der Waals surface area contributed by atoms with Crippen LogP contribution in [-0.4, -0.2) is 24.4 Å². The molecule has 0 spiro atoms. The van der Waals surface area contributed by atoms with E-state index in [1.807, 2.05) is 121 Å². The SMILES string of the molecule is C=C[C@@H](OCc1ccccc1)[C@H](OCc1ccccc1)[C@](C=C)(COCc1ccccc1)OCc1ccccc1. The summed E-state index contributed by atoms with van der Waals surface area (Å²) in [5, 5.41) is 0. The van der Waals surface area contributed by atoms with Crippen LogP contribution in [0.2, 0.25) is 0 Å². The standard InChI is InChI=1S/C36H38O4/c1-3-34(38-26-31-19-11-6-12-20-31)35(39-27-32-21-13-7-14-22-32)36(4-2,40-28-33-23-15-8-16-24-33)29-37-25-30-17-9-5-10-18-30/h3-24,34-35H,1-2,25-29H2/t34-,35+,36+/m1/s1. The maximum Gasteiger partial charge on any atom is 0.139 e. The van der Waals surface area contributed by atoms with Crippen molar-refractivity contribution in [1.29, 1.82) is 0 Å². The van der Waals surface area contributed by atoms with Crippen LogP contribution in [0, 0.1) is 0 Å². The molecule has 0 N–H and O–H groups in total. The van der Waals surface area contributed by atoms with Crippen LogP contribution in [0.3, 0.4) is 0 Å². The zero-order valence-corrected chi connectivity index (χ0v) is 22.9. The Morgan fingerprint density at radius 2 is 0.975 bits per heavy atom. The number of rotatable bonds is 17. The lowest BCUT2D eigenvalue weighted by Gasteiger charge is -2.41. The molecule has 0 fully saturated rings. The molecule has 0 bridgehead atoms. The van der Waals surface area contributed by atoms with Crippen LogP contribution < -0.4 is 0 Å². The highest BCUT2D eigenvalue weighted by molar-refractivity contribution is 5.18. The minimum Gasteiger partial charge on any atom is -0.373 e. The smallest absolute Gasteiger partial charge is 0.139 e. The fourth-order valence-electron chi connectivity index (χ4n) is 4.45. The quantitative estimate of drug-likeness (QED) is 0.130. The number of hydrogen-bond donors (Lipinski definition) is 0. The molecule has 0 amide bonds. The van der Waals surface area contributed by atoms with E-state index in [-0.39, 0.29) is 6.61 Å². The van der Waals surface area contributed by atoms with Gasteiger partial charge in [-0.05, 0) is 22.3 Å². The van der Waals surface area contributed by atoms with Crippen LogP contribution in [0.25, 0.3) is 0 Å². The Morgan fingerprint density at radius 3 is 1.43 bits per heavy atom. The van der Waals surface area contributed by atoms with Crippen LogP contribution >= 0.6 is 0 Å². The molecule has 0 aromatic heterocycles. The summed E-state index contributed by atoms with van der Waals surface area (Å²) in [6, 6.07) is 40.3. The maximum absolute atomic E-state index is 6.69. The van der Waals surface area contributed by atoms with Crippen LogP contribution in [0.4, 0.5) is 0 Å². The molecule has 0 unspecified atom stereocenters. The Morgan fingerprint density at radius 1 is 0.550 bits per heavy atom. The van der Waals surface area contributed by atoms with Crippen LogP contribution in [0.15, 0.2) is 147 Å². The summed E-state index contributed by atoms with van der Waals surface area (Å²) in [6.45, 7) is 10.1. The summed E-state index contributed by atoms with van der Waals surface area (Å²) < 4.78 is 26.1. The molecule has 4 rings (SSSR count). The highest BCUT2D eigenvalue weighted by Gasteiger charge is 2.43. The highest BCUT2D eigenvalue weighted by atomic mass is 16.6. The first-order valence-corrected chi connectivity index (χ1v) is 13.6. The third kappa shape index (κ3) is 8.60. The summed E-state index contributed by atoms with van der Waals surface area (Å²) >= 11 is 0. The molecular formula is C36H38O4. The van der Waals surface area contributed by atoms with Crippen molar-refractivity contribution < 1.29 is 18.9 Å². The first kappa shape index (κ1) is 29.2. The van der Waals surface area contributed by atoms with Gasteiger partial charge in [0, 0.05) is 0 Å². The van der Waals surface area contributed by atoms with Gasteiger partial charge in [0.1, 0.15) is 17.8 Å². The van der Waals surface area contributed by atoms with Crippen LogP contribution in [0.5, 0.6) is 0 Å². The predicted molar refractivity (Wildman–Crippen MR) is 160 cm³/mol. The zero-order chi connectivity index (χ0) is 27.9. The number of ether oxygens (including phenoxy) is 4. The molecule has 0 aliphatic heterocycles. The minimum absolute atomic E-state index is 0.219. The summed E-state index contributed by atoms with van der Waals surface area (Å²) in [5.74, 6) is 0. The Labute approximate surface area is 238 Å². The van der Waals surface area contributed by atoms with Crippen LogP contribution in [-0.2, 0) is 45.4 Å². The van der Waals surface area contributed by atoms with E-state index in [2.05, 4.69) is 13.2 Å². The number of benzene rings is 4. The molecule has 40 heavy (non-hydrogen) atoms. The molecular weight excluding hydrogens is 496 g/mol. The third-order valence-corrected chi connectivity index (χ3v) is 6.71. The molecule has 0 heterocycles. The highest BCUT2D eigenvalue weighted by Crippen LogP contribution is 2.30. The summed E-state index contributed by atoms with van der Waals surface area (Å²) in [4.78, 5) is 0. The largest absolute Gasteiger partial charge is 0.373 e. The van der Waals surface area contributed by atoms with E-state index in [0.29, 0.717) is 26.4 Å². The van der Waals surface area contributed by atoms with Gasteiger partial charge in [0.05, 0.1) is 33.0 Å². The lowest BCUT2D eigenvalue weighted by molar-refractivity contribution is -0.193. The first-order valence-electron chi connectivity index (χ1n) is 13.6. The van der Waals surface area contributed by atoms with E-state index in [0.717, 1.165) is 22.3 Å². The Bertz CT molecular complexity index is 1260. The van der Waals surface area contributed by atoms with E-state index >= 15 is 0 Å². The summed E-state index contributed by atoms with van der Waals surface area (Å²) in [7, 11) is 0. The monoisotopic (exact) mass is 534 g/mol. The molecule has 0 saturated carbocycles. The van der Waals surface area contributed by atoms with Crippen molar-refractivity contribution in [3.05, 3.63) is 169 Å². The van der Waals surface area contributed by atoms with Crippen molar-refractivity contribution in [2.75, 3.05) is 6.61 Å². The normalized spacial score (nSPS) is 14.1. The average Bonchev–Trinajstić information content (AvgIpc) is 3.03. The van der Waals surface area contributed by atoms with E-state index in [4.69, 9.17) is 18.9 Å². The first-order chi connectivity index (χ1) is 19.7. The minimum atomic E-state index is -1.03. The van der Waals surface area contributed by atoms with Gasteiger partial charge < -0.3 is 18.9 Å².